The molecule has 2 aromatic rings. The van der Waals surface area contributed by atoms with Crippen LogP contribution in [0.5, 0.6) is 0 Å². The third-order valence-electron chi connectivity index (χ3n) is 2.46. The summed E-state index contributed by atoms with van der Waals surface area (Å²) in [7, 11) is 1.91. The molecule has 2 heterocycles. The summed E-state index contributed by atoms with van der Waals surface area (Å²) in [5.74, 6) is -0.0263. The van der Waals surface area contributed by atoms with Crippen molar-refractivity contribution in [2.45, 2.75) is 19.8 Å². The van der Waals surface area contributed by atoms with Crippen molar-refractivity contribution < 1.29 is 4.39 Å². The van der Waals surface area contributed by atoms with E-state index in [0.29, 0.717) is 0 Å². The highest BCUT2D eigenvalue weighted by molar-refractivity contribution is 5.80. The summed E-state index contributed by atoms with van der Waals surface area (Å²) in [5, 5.41) is 0.919. The molecule has 74 valence electrons. The second kappa shape index (κ2) is 3.08. The Kier molecular flexibility index (Phi) is 2.02. The Labute approximate surface area is 82.4 Å². The molecule has 3 heteroatoms. The minimum absolute atomic E-state index is 0.183. The normalized spacial score (nSPS) is 11.5. The molecular formula is C11H13FN2. The van der Waals surface area contributed by atoms with Crippen LogP contribution in [0, 0.1) is 5.82 Å². The maximum absolute atomic E-state index is 13.5. The molecule has 0 aliphatic rings. The Morgan fingerprint density at radius 2 is 2.14 bits per heavy atom. The molecule has 2 nitrogen and oxygen atoms in total. The Balaban J connectivity index is 2.83. The minimum atomic E-state index is -0.210. The molecule has 0 unspecified atom stereocenters. The van der Waals surface area contributed by atoms with Gasteiger partial charge in [-0.25, -0.2) is 9.37 Å². The predicted octanol–water partition coefficient (Wildman–Crippen LogP) is 2.84. The molecule has 2 aromatic heterocycles. The molecule has 0 aliphatic carbocycles. The molecule has 0 saturated carbocycles. The lowest BCUT2D eigenvalue weighted by atomic mass is 10.0. The van der Waals surface area contributed by atoms with Gasteiger partial charge in [-0.2, -0.15) is 0 Å². The fourth-order valence-corrected chi connectivity index (χ4v) is 1.80. The number of fused-ring (bicyclic) bond motifs is 1. The molecule has 2 rings (SSSR count). The summed E-state index contributed by atoms with van der Waals surface area (Å²) in [4.78, 5) is 4.07. The zero-order valence-electron chi connectivity index (χ0n) is 8.58. The fourth-order valence-electron chi connectivity index (χ4n) is 1.80. The molecule has 0 bridgehead atoms. The number of nitrogens with zero attached hydrogens (tertiary/aromatic N) is 2. The number of pyridine rings is 1. The summed E-state index contributed by atoms with van der Waals surface area (Å²) in [6, 6.07) is 1.92. The first kappa shape index (κ1) is 9.19. The van der Waals surface area contributed by atoms with Crippen molar-refractivity contribution in [1.82, 2.24) is 9.55 Å². The van der Waals surface area contributed by atoms with Crippen LogP contribution in [0.15, 0.2) is 18.5 Å². The van der Waals surface area contributed by atoms with Gasteiger partial charge in [0.1, 0.15) is 11.5 Å². The number of rotatable bonds is 1. The average molecular weight is 192 g/mol. The van der Waals surface area contributed by atoms with Gasteiger partial charge < -0.3 is 4.57 Å². The summed E-state index contributed by atoms with van der Waals surface area (Å²) < 4.78 is 15.4. The number of aromatic nitrogens is 2. The van der Waals surface area contributed by atoms with E-state index in [-0.39, 0.29) is 11.7 Å². The van der Waals surface area contributed by atoms with Crippen LogP contribution in [0.4, 0.5) is 4.39 Å². The minimum Gasteiger partial charge on any atom is -0.336 e. The summed E-state index contributed by atoms with van der Waals surface area (Å²) in [5.41, 5.74) is 1.60. The van der Waals surface area contributed by atoms with Crippen molar-refractivity contribution in [3.05, 3.63) is 29.8 Å². The van der Waals surface area contributed by atoms with Gasteiger partial charge in [0, 0.05) is 24.2 Å². The van der Waals surface area contributed by atoms with Gasteiger partial charge in [-0.3, -0.25) is 0 Å². The van der Waals surface area contributed by atoms with Gasteiger partial charge in [-0.1, -0.05) is 13.8 Å². The monoisotopic (exact) mass is 192 g/mol. The van der Waals surface area contributed by atoms with Crippen LogP contribution in [-0.2, 0) is 7.05 Å². The Bertz CT molecular complexity index is 471. The molecule has 14 heavy (non-hydrogen) atoms. The van der Waals surface area contributed by atoms with Crippen LogP contribution < -0.4 is 0 Å². The van der Waals surface area contributed by atoms with Crippen LogP contribution in [0.3, 0.4) is 0 Å². The van der Waals surface area contributed by atoms with Crippen LogP contribution in [0.25, 0.3) is 11.0 Å². The van der Waals surface area contributed by atoms with E-state index in [9.17, 15) is 4.39 Å². The standard InChI is InChI=1S/C11H13FN2/c1-7(2)10-8-4-5-14(3)11(8)13-6-9(10)12/h4-7H,1-3H3. The maximum Gasteiger partial charge on any atom is 0.145 e. The van der Waals surface area contributed by atoms with E-state index in [1.54, 1.807) is 0 Å². The van der Waals surface area contributed by atoms with Crippen LogP contribution in [0.2, 0.25) is 0 Å². The van der Waals surface area contributed by atoms with E-state index in [0.717, 1.165) is 16.6 Å². The lowest BCUT2D eigenvalue weighted by Gasteiger charge is -2.08. The number of halogens is 1. The lowest BCUT2D eigenvalue weighted by Crippen LogP contribution is -1.97. The highest BCUT2D eigenvalue weighted by Gasteiger charge is 2.13. The van der Waals surface area contributed by atoms with E-state index >= 15 is 0 Å². The molecule has 0 radical (unpaired) electrons. The highest BCUT2D eigenvalue weighted by atomic mass is 19.1. The van der Waals surface area contributed by atoms with Crippen LogP contribution in [-0.4, -0.2) is 9.55 Å². The first-order valence-corrected chi connectivity index (χ1v) is 4.70. The lowest BCUT2D eigenvalue weighted by molar-refractivity contribution is 0.596. The molecule has 0 fully saturated rings. The van der Waals surface area contributed by atoms with Crippen molar-refractivity contribution in [3.63, 3.8) is 0 Å². The maximum atomic E-state index is 13.5. The van der Waals surface area contributed by atoms with E-state index in [1.807, 2.05) is 37.7 Å². The van der Waals surface area contributed by atoms with Crippen molar-refractivity contribution in [3.8, 4) is 0 Å². The zero-order chi connectivity index (χ0) is 10.3. The number of aryl methyl sites for hydroxylation is 1. The van der Waals surface area contributed by atoms with E-state index in [4.69, 9.17) is 0 Å². The van der Waals surface area contributed by atoms with Gasteiger partial charge in [0.25, 0.3) is 0 Å². The van der Waals surface area contributed by atoms with Crippen LogP contribution in [0.1, 0.15) is 25.3 Å². The zero-order valence-corrected chi connectivity index (χ0v) is 8.58. The molecule has 0 N–H and O–H groups in total. The van der Waals surface area contributed by atoms with Crippen molar-refractivity contribution in [1.29, 1.82) is 0 Å². The van der Waals surface area contributed by atoms with Gasteiger partial charge in [-0.15, -0.1) is 0 Å². The highest BCUT2D eigenvalue weighted by Crippen LogP contribution is 2.26. The van der Waals surface area contributed by atoms with Crippen molar-refractivity contribution in [2.24, 2.45) is 7.05 Å². The summed E-state index contributed by atoms with van der Waals surface area (Å²) in [6.07, 6.45) is 3.21. The molecule has 0 aliphatic heterocycles. The molecule has 0 aromatic carbocycles. The molecule has 0 atom stereocenters. The first-order valence-electron chi connectivity index (χ1n) is 4.70. The van der Waals surface area contributed by atoms with Crippen molar-refractivity contribution in [2.75, 3.05) is 0 Å². The van der Waals surface area contributed by atoms with E-state index in [2.05, 4.69) is 4.98 Å². The quantitative estimate of drug-likeness (QED) is 0.679. The molecular weight excluding hydrogens is 179 g/mol. The second-order valence-corrected chi connectivity index (χ2v) is 3.84. The third-order valence-corrected chi connectivity index (χ3v) is 2.46. The predicted molar refractivity (Wildman–Crippen MR) is 54.8 cm³/mol. The first-order chi connectivity index (χ1) is 6.61. The van der Waals surface area contributed by atoms with E-state index in [1.165, 1.54) is 6.20 Å². The summed E-state index contributed by atoms with van der Waals surface area (Å²) >= 11 is 0. The largest absolute Gasteiger partial charge is 0.336 e. The van der Waals surface area contributed by atoms with E-state index < -0.39 is 0 Å². The smallest absolute Gasteiger partial charge is 0.145 e. The van der Waals surface area contributed by atoms with Gasteiger partial charge in [0.15, 0.2) is 0 Å². The molecule has 0 spiro atoms. The fraction of sp³-hybridized carbons (Fsp3) is 0.364. The molecule has 0 saturated heterocycles. The SMILES string of the molecule is CC(C)c1c(F)cnc2c1ccn2C. The topological polar surface area (TPSA) is 17.8 Å². The van der Waals surface area contributed by atoms with Crippen LogP contribution >= 0.6 is 0 Å². The Morgan fingerprint density at radius 1 is 1.43 bits per heavy atom. The average Bonchev–Trinajstić information content (AvgIpc) is 2.47. The van der Waals surface area contributed by atoms with Crippen molar-refractivity contribution >= 4 is 11.0 Å². The third kappa shape index (κ3) is 1.20. The van der Waals surface area contributed by atoms with Gasteiger partial charge in [-0.05, 0) is 12.0 Å². The Morgan fingerprint density at radius 3 is 2.79 bits per heavy atom. The number of hydrogen-bond donors (Lipinski definition) is 0. The molecule has 0 amide bonds. The second-order valence-electron chi connectivity index (χ2n) is 3.84. The van der Waals surface area contributed by atoms with Gasteiger partial charge in [0.2, 0.25) is 0 Å². The number of hydrogen-bond acceptors (Lipinski definition) is 1. The summed E-state index contributed by atoms with van der Waals surface area (Å²) in [6.45, 7) is 3.98. The van der Waals surface area contributed by atoms with Gasteiger partial charge in [0.05, 0.1) is 6.20 Å². The van der Waals surface area contributed by atoms with Gasteiger partial charge >= 0.3 is 0 Å². The Hall–Kier alpha value is -1.38.